The standard InChI is InChI=1S/Ca.HO8P/c;1-9(2)7-5-3-4-6-8-9/h;(H,1,2)/q+1;/p-1. The summed E-state index contributed by atoms with van der Waals surface area (Å²) in [5.74, 6) is 0. The van der Waals surface area contributed by atoms with Crippen LogP contribution in [0.4, 0.5) is 0 Å². The normalized spacial score (nSPS) is 24.5. The zero-order valence-electron chi connectivity index (χ0n) is 4.42. The third kappa shape index (κ3) is 4.16. The molecule has 8 nitrogen and oxygen atoms in total. The van der Waals surface area contributed by atoms with Gasteiger partial charge in [0.2, 0.25) is 0 Å². The molecular formula is CaO8P. The van der Waals surface area contributed by atoms with Crippen LogP contribution in [-0.2, 0) is 34.1 Å². The Morgan fingerprint density at radius 2 is 1.40 bits per heavy atom. The van der Waals surface area contributed by atoms with Crippen molar-refractivity contribution >= 4 is 45.6 Å². The van der Waals surface area contributed by atoms with Crippen molar-refractivity contribution in [3.05, 3.63) is 0 Å². The third-order valence-electron chi connectivity index (χ3n) is 0.327. The van der Waals surface area contributed by atoms with Gasteiger partial charge in [0, 0.05) is 0 Å². The Morgan fingerprint density at radius 1 is 1.00 bits per heavy atom. The molecule has 0 saturated carbocycles. The van der Waals surface area contributed by atoms with Gasteiger partial charge < -0.3 is 4.89 Å². The fourth-order valence-electron chi connectivity index (χ4n) is 0.134. The van der Waals surface area contributed by atoms with Crippen molar-refractivity contribution in [3.63, 3.8) is 0 Å². The minimum atomic E-state index is -4.57. The van der Waals surface area contributed by atoms with E-state index in [-0.39, 0.29) is 37.7 Å². The van der Waals surface area contributed by atoms with Crippen molar-refractivity contribution < 1.29 is 39.0 Å². The van der Waals surface area contributed by atoms with E-state index in [0.717, 1.165) is 0 Å². The number of rotatable bonds is 0. The van der Waals surface area contributed by atoms with Crippen molar-refractivity contribution in [2.45, 2.75) is 0 Å². The molecule has 0 aliphatic carbocycles. The summed E-state index contributed by atoms with van der Waals surface area (Å²) in [4.78, 5) is 10.0. The first-order chi connectivity index (χ1) is 4.21. The zero-order chi connectivity index (χ0) is 6.74. The van der Waals surface area contributed by atoms with E-state index < -0.39 is 7.82 Å². The molecule has 55 valence electrons. The smallest absolute Gasteiger partial charge is 0.753 e. The average molecular weight is 199 g/mol. The Morgan fingerprint density at radius 3 is 1.80 bits per heavy atom. The summed E-state index contributed by atoms with van der Waals surface area (Å²) in [6.07, 6.45) is 0. The van der Waals surface area contributed by atoms with Gasteiger partial charge in [0.25, 0.3) is 0 Å². The molecule has 1 fully saturated rings. The second-order valence-electron chi connectivity index (χ2n) is 0.868. The van der Waals surface area contributed by atoms with Gasteiger partial charge in [-0.15, -0.1) is 9.35 Å². The van der Waals surface area contributed by atoms with Crippen molar-refractivity contribution in [1.29, 1.82) is 0 Å². The monoisotopic (exact) mass is 199 g/mol. The first-order valence-electron chi connectivity index (χ1n) is 1.56. The number of hydrogen-bond acceptors (Lipinski definition) is 8. The Labute approximate surface area is 84.2 Å². The van der Waals surface area contributed by atoms with Crippen LogP contribution in [0, 0.1) is 0 Å². The summed E-state index contributed by atoms with van der Waals surface area (Å²) in [6, 6.07) is 0. The summed E-state index contributed by atoms with van der Waals surface area (Å²) < 4.78 is 16.8. The quantitative estimate of drug-likeness (QED) is 0.271. The van der Waals surface area contributed by atoms with Crippen molar-refractivity contribution in [2.24, 2.45) is 0 Å². The van der Waals surface area contributed by atoms with Crippen LogP contribution >= 0.6 is 7.82 Å². The Kier molecular flexibility index (Phi) is 5.56. The van der Waals surface area contributed by atoms with E-state index in [1.165, 1.54) is 0 Å². The average Bonchev–Trinajstić information content (AvgIpc) is 1.92. The molecule has 0 amide bonds. The Balaban J connectivity index is 0.000000810. The second-order valence-corrected chi connectivity index (χ2v) is 2.06. The molecule has 0 aromatic carbocycles. The van der Waals surface area contributed by atoms with Crippen LogP contribution in [0.2, 0.25) is 0 Å². The number of phosphoric acid groups is 1. The van der Waals surface area contributed by atoms with Gasteiger partial charge in [-0.2, -0.15) is 0 Å². The minimum Gasteiger partial charge on any atom is -0.753 e. The molecule has 1 saturated heterocycles. The summed E-state index contributed by atoms with van der Waals surface area (Å²) in [6.45, 7) is 0. The second kappa shape index (κ2) is 4.96. The predicted octanol–water partition coefficient (Wildman–Crippen LogP) is -1.24. The van der Waals surface area contributed by atoms with E-state index >= 15 is 0 Å². The Hall–Kier alpha value is 1.21. The van der Waals surface area contributed by atoms with Crippen LogP contribution in [0.1, 0.15) is 0 Å². The van der Waals surface area contributed by atoms with Gasteiger partial charge in [0.15, 0.2) is 0 Å². The summed E-state index contributed by atoms with van der Waals surface area (Å²) in [7, 11) is -4.57. The van der Waals surface area contributed by atoms with Gasteiger partial charge in [-0.05, 0) is 20.2 Å². The van der Waals surface area contributed by atoms with Gasteiger partial charge in [0.1, 0.15) is 0 Å². The molecule has 1 rings (SSSR count). The van der Waals surface area contributed by atoms with Crippen LogP contribution in [0.5, 0.6) is 0 Å². The third-order valence-corrected chi connectivity index (χ3v) is 0.814. The molecule has 1 radical (unpaired) electrons. The first-order valence-corrected chi connectivity index (χ1v) is 3.02. The van der Waals surface area contributed by atoms with Crippen molar-refractivity contribution in [3.8, 4) is 0 Å². The predicted molar refractivity (Wildman–Crippen MR) is 19.9 cm³/mol. The van der Waals surface area contributed by atoms with E-state index in [9.17, 15) is 9.46 Å². The van der Waals surface area contributed by atoms with Crippen LogP contribution in [0.25, 0.3) is 0 Å². The fourth-order valence-corrected chi connectivity index (χ4v) is 0.358. The fraction of sp³-hybridized carbons (Fsp3) is 0. The maximum atomic E-state index is 10.0. The SMILES string of the molecule is O=P1([O-])OOOOOO1.[Ca+]. The van der Waals surface area contributed by atoms with Crippen LogP contribution in [0.15, 0.2) is 0 Å². The van der Waals surface area contributed by atoms with E-state index in [0.29, 0.717) is 0 Å². The molecule has 0 bridgehead atoms. The van der Waals surface area contributed by atoms with Crippen LogP contribution < -0.4 is 4.89 Å². The minimum absolute atomic E-state index is 0. The van der Waals surface area contributed by atoms with Crippen molar-refractivity contribution in [1.82, 2.24) is 0 Å². The molecule has 0 atom stereocenters. The van der Waals surface area contributed by atoms with E-state index in [1.807, 2.05) is 0 Å². The molecule has 0 aromatic heterocycles. The summed E-state index contributed by atoms with van der Waals surface area (Å²) >= 11 is 0. The number of hydrogen-bond donors (Lipinski definition) is 0. The first kappa shape index (κ1) is 11.2. The largest absolute Gasteiger partial charge is 1.00 e. The molecule has 10 heteroatoms. The molecule has 1 heterocycles. The van der Waals surface area contributed by atoms with Crippen LogP contribution in [-0.4, -0.2) is 37.7 Å². The van der Waals surface area contributed by atoms with Crippen molar-refractivity contribution in [2.75, 3.05) is 0 Å². The van der Waals surface area contributed by atoms with Gasteiger partial charge in [-0.25, -0.2) is 0 Å². The van der Waals surface area contributed by atoms with Gasteiger partial charge >= 0.3 is 45.6 Å². The Bertz CT molecular complexity index is 119. The topological polar surface area (TPSA) is 95.5 Å². The van der Waals surface area contributed by atoms with Gasteiger partial charge in [-0.3, -0.25) is 4.57 Å². The van der Waals surface area contributed by atoms with E-state index in [4.69, 9.17) is 0 Å². The molecular weight excluding hydrogens is 199 g/mol. The summed E-state index contributed by atoms with van der Waals surface area (Å²) in [5, 5.41) is 13.5. The summed E-state index contributed by atoms with van der Waals surface area (Å²) in [5.41, 5.74) is 0. The maximum Gasteiger partial charge on any atom is 1.00 e. The molecule has 1 aliphatic heterocycles. The van der Waals surface area contributed by atoms with E-state index in [2.05, 4.69) is 29.5 Å². The molecule has 10 heavy (non-hydrogen) atoms. The van der Waals surface area contributed by atoms with Crippen LogP contribution in [0.3, 0.4) is 0 Å². The zero-order valence-corrected chi connectivity index (χ0v) is 7.52. The molecule has 0 spiro atoms. The molecule has 0 unspecified atom stereocenters. The maximum absolute atomic E-state index is 10.0. The van der Waals surface area contributed by atoms with Gasteiger partial charge in [-0.1, -0.05) is 0 Å². The van der Waals surface area contributed by atoms with Gasteiger partial charge in [0.05, 0.1) is 0 Å². The van der Waals surface area contributed by atoms with E-state index in [1.54, 1.807) is 0 Å². The molecule has 0 aromatic rings. The molecule has 1 aliphatic rings. The molecule has 0 N–H and O–H groups in total.